The number of nitrogens with two attached hydrogens (primary N) is 1. The van der Waals surface area contributed by atoms with E-state index >= 15 is 0 Å². The predicted molar refractivity (Wildman–Crippen MR) is 74.7 cm³/mol. The highest BCUT2D eigenvalue weighted by atomic mass is 35.5. The van der Waals surface area contributed by atoms with Crippen LogP contribution >= 0.6 is 11.6 Å². The van der Waals surface area contributed by atoms with Gasteiger partial charge in [-0.15, -0.1) is 11.6 Å². The first kappa shape index (κ1) is 12.9. The molecule has 1 heterocycles. The van der Waals surface area contributed by atoms with Gasteiger partial charge in [0.1, 0.15) is 5.84 Å². The van der Waals surface area contributed by atoms with E-state index in [1.807, 2.05) is 32.0 Å². The summed E-state index contributed by atoms with van der Waals surface area (Å²) in [5.41, 5.74) is 7.93. The van der Waals surface area contributed by atoms with Crippen molar-refractivity contribution in [1.82, 2.24) is 0 Å². The average molecular weight is 266 g/mol. The molecular weight excluding hydrogens is 250 g/mol. The highest BCUT2D eigenvalue weighted by Crippen LogP contribution is 2.41. The largest absolute Gasteiger partial charge is 0.386 e. The van der Waals surface area contributed by atoms with Crippen LogP contribution in [0.15, 0.2) is 23.2 Å². The molecule has 0 radical (unpaired) electrons. The first-order chi connectivity index (χ1) is 8.44. The summed E-state index contributed by atoms with van der Waals surface area (Å²) in [6.45, 7) is 4.09. The van der Waals surface area contributed by atoms with Crippen LogP contribution in [-0.2, 0) is 10.2 Å². The molecule has 0 unspecified atom stereocenters. The minimum atomic E-state index is -0.196. The third-order valence-electron chi connectivity index (χ3n) is 3.04. The highest BCUT2D eigenvalue weighted by molar-refractivity contribution is 6.28. The number of hydrogen-bond donors (Lipinski definition) is 2. The maximum Gasteiger partial charge on any atom is 0.225 e. The van der Waals surface area contributed by atoms with Crippen molar-refractivity contribution in [2.45, 2.75) is 25.7 Å². The van der Waals surface area contributed by atoms with Crippen LogP contribution in [0.1, 0.15) is 25.8 Å². The molecule has 18 heavy (non-hydrogen) atoms. The van der Waals surface area contributed by atoms with Crippen LogP contribution in [0.5, 0.6) is 0 Å². The SMILES string of the molecule is CC1(C)CC(=O)Nc2c(N=C(N)CCl)cccc21. The van der Waals surface area contributed by atoms with Gasteiger partial charge in [0.05, 0.1) is 17.3 Å². The number of amides is 1. The molecule has 0 atom stereocenters. The molecule has 3 N–H and O–H groups in total. The number of fused-ring (bicyclic) bond motifs is 1. The molecule has 1 aromatic carbocycles. The Kier molecular flexibility index (Phi) is 3.30. The maximum atomic E-state index is 11.7. The molecule has 1 aromatic rings. The van der Waals surface area contributed by atoms with E-state index < -0.39 is 0 Å². The molecular formula is C13H16ClN3O. The van der Waals surface area contributed by atoms with Crippen LogP contribution in [0.2, 0.25) is 0 Å². The second kappa shape index (κ2) is 4.61. The molecule has 1 aliphatic heterocycles. The Bertz CT molecular complexity index is 523. The lowest BCUT2D eigenvalue weighted by Gasteiger charge is -2.32. The lowest BCUT2D eigenvalue weighted by molar-refractivity contribution is -0.117. The number of anilines is 1. The number of alkyl halides is 1. The normalized spacial score (nSPS) is 18.2. The number of rotatable bonds is 2. The van der Waals surface area contributed by atoms with Gasteiger partial charge in [-0.2, -0.15) is 0 Å². The molecule has 0 bridgehead atoms. The number of nitrogens with one attached hydrogen (secondary N) is 1. The maximum absolute atomic E-state index is 11.7. The van der Waals surface area contributed by atoms with Crippen LogP contribution in [0.25, 0.3) is 0 Å². The van der Waals surface area contributed by atoms with E-state index in [0.717, 1.165) is 11.3 Å². The van der Waals surface area contributed by atoms with E-state index in [1.54, 1.807) is 0 Å². The number of amidine groups is 1. The van der Waals surface area contributed by atoms with E-state index in [9.17, 15) is 4.79 Å². The Morgan fingerprint density at radius 2 is 2.28 bits per heavy atom. The summed E-state index contributed by atoms with van der Waals surface area (Å²) in [5.74, 6) is 0.503. The van der Waals surface area contributed by atoms with Crippen LogP contribution in [0.3, 0.4) is 0 Å². The summed E-state index contributed by atoms with van der Waals surface area (Å²) in [5, 5.41) is 2.87. The minimum Gasteiger partial charge on any atom is -0.386 e. The minimum absolute atomic E-state index is 0.000375. The van der Waals surface area contributed by atoms with Crippen molar-refractivity contribution in [2.24, 2.45) is 10.7 Å². The molecule has 1 amide bonds. The molecule has 96 valence electrons. The van der Waals surface area contributed by atoms with Crippen LogP contribution in [0, 0.1) is 0 Å². The van der Waals surface area contributed by atoms with Gasteiger partial charge in [0.2, 0.25) is 5.91 Å². The Morgan fingerprint density at radius 3 is 2.94 bits per heavy atom. The molecule has 0 saturated heterocycles. The Balaban J connectivity index is 2.57. The van der Waals surface area contributed by atoms with Crippen LogP contribution in [0.4, 0.5) is 11.4 Å². The van der Waals surface area contributed by atoms with Crippen molar-refractivity contribution in [3.63, 3.8) is 0 Å². The Morgan fingerprint density at radius 1 is 1.56 bits per heavy atom. The molecule has 0 aliphatic carbocycles. The summed E-state index contributed by atoms with van der Waals surface area (Å²) in [7, 11) is 0. The second-order valence-electron chi connectivity index (χ2n) is 5.05. The van der Waals surface area contributed by atoms with Crippen molar-refractivity contribution >= 4 is 34.7 Å². The zero-order valence-electron chi connectivity index (χ0n) is 10.5. The van der Waals surface area contributed by atoms with Gasteiger partial charge in [-0.3, -0.25) is 4.79 Å². The van der Waals surface area contributed by atoms with E-state index in [0.29, 0.717) is 17.9 Å². The summed E-state index contributed by atoms with van der Waals surface area (Å²) in [4.78, 5) is 16.0. The fraction of sp³-hybridized carbons (Fsp3) is 0.385. The van der Waals surface area contributed by atoms with Crippen LogP contribution in [-0.4, -0.2) is 17.6 Å². The Labute approximate surface area is 111 Å². The lowest BCUT2D eigenvalue weighted by atomic mass is 9.78. The van der Waals surface area contributed by atoms with Crippen molar-refractivity contribution in [1.29, 1.82) is 0 Å². The van der Waals surface area contributed by atoms with Gasteiger partial charge in [-0.1, -0.05) is 26.0 Å². The van der Waals surface area contributed by atoms with Crippen molar-refractivity contribution in [3.05, 3.63) is 23.8 Å². The number of nitrogens with zero attached hydrogens (tertiary/aromatic N) is 1. The number of halogens is 1. The predicted octanol–water partition coefficient (Wildman–Crippen LogP) is 2.53. The van der Waals surface area contributed by atoms with Gasteiger partial charge < -0.3 is 11.1 Å². The molecule has 2 rings (SSSR count). The first-order valence-electron chi connectivity index (χ1n) is 5.76. The molecule has 0 fully saturated rings. The number of aliphatic imine (C=N–C) groups is 1. The van der Waals surface area contributed by atoms with Gasteiger partial charge in [0.15, 0.2) is 0 Å². The summed E-state index contributed by atoms with van der Waals surface area (Å²) < 4.78 is 0. The van der Waals surface area contributed by atoms with Gasteiger partial charge >= 0.3 is 0 Å². The zero-order chi connectivity index (χ0) is 13.3. The third-order valence-corrected chi connectivity index (χ3v) is 3.31. The zero-order valence-corrected chi connectivity index (χ0v) is 11.2. The topological polar surface area (TPSA) is 67.5 Å². The number of hydrogen-bond acceptors (Lipinski definition) is 2. The van der Waals surface area contributed by atoms with E-state index in [2.05, 4.69) is 10.3 Å². The third kappa shape index (κ3) is 2.34. The van der Waals surface area contributed by atoms with Crippen molar-refractivity contribution in [3.8, 4) is 0 Å². The van der Waals surface area contributed by atoms with Gasteiger partial charge in [-0.25, -0.2) is 4.99 Å². The monoisotopic (exact) mass is 265 g/mol. The fourth-order valence-corrected chi connectivity index (χ4v) is 2.25. The van der Waals surface area contributed by atoms with Crippen molar-refractivity contribution in [2.75, 3.05) is 11.2 Å². The molecule has 0 saturated carbocycles. The molecule has 4 nitrogen and oxygen atoms in total. The summed E-state index contributed by atoms with van der Waals surface area (Å²) in [6.07, 6.45) is 0.470. The fourth-order valence-electron chi connectivity index (χ4n) is 2.19. The molecule has 0 spiro atoms. The van der Waals surface area contributed by atoms with E-state index in [1.165, 1.54) is 0 Å². The van der Waals surface area contributed by atoms with Gasteiger partial charge in [0.25, 0.3) is 0 Å². The summed E-state index contributed by atoms with van der Waals surface area (Å²) >= 11 is 5.63. The quantitative estimate of drug-likeness (QED) is 0.490. The number of para-hydroxylation sites is 1. The van der Waals surface area contributed by atoms with Gasteiger partial charge in [0, 0.05) is 11.8 Å². The lowest BCUT2D eigenvalue weighted by Crippen LogP contribution is -2.32. The van der Waals surface area contributed by atoms with E-state index in [4.69, 9.17) is 17.3 Å². The first-order valence-corrected chi connectivity index (χ1v) is 6.30. The van der Waals surface area contributed by atoms with Crippen molar-refractivity contribution < 1.29 is 4.79 Å². The number of carbonyl (C=O) groups excluding carboxylic acids is 1. The average Bonchev–Trinajstić information content (AvgIpc) is 2.29. The standard InChI is InChI=1S/C13H16ClN3O/c1-13(2)6-11(18)17-12-8(13)4-3-5-9(12)16-10(15)7-14/h3-5H,6-7H2,1-2H3,(H2,15,16)(H,17,18). The Hall–Kier alpha value is -1.55. The molecule has 1 aliphatic rings. The number of benzene rings is 1. The van der Waals surface area contributed by atoms with Gasteiger partial charge in [-0.05, 0) is 11.6 Å². The second-order valence-corrected chi connectivity index (χ2v) is 5.31. The summed E-state index contributed by atoms with van der Waals surface area (Å²) in [6, 6.07) is 5.74. The smallest absolute Gasteiger partial charge is 0.225 e. The van der Waals surface area contributed by atoms with E-state index in [-0.39, 0.29) is 17.2 Å². The molecule has 5 heteroatoms. The molecule has 0 aromatic heterocycles. The number of carbonyl (C=O) groups is 1. The van der Waals surface area contributed by atoms with Crippen LogP contribution < -0.4 is 11.1 Å². The highest BCUT2D eigenvalue weighted by Gasteiger charge is 2.32.